The number of aromatic nitrogens is 2. The minimum Gasteiger partial charge on any atom is -0.303 e. The van der Waals surface area contributed by atoms with Crippen LogP contribution in [0.5, 0.6) is 0 Å². The van der Waals surface area contributed by atoms with E-state index in [1.807, 2.05) is 12.1 Å². The van der Waals surface area contributed by atoms with Crippen LogP contribution >= 0.6 is 46.4 Å². The van der Waals surface area contributed by atoms with E-state index in [-0.39, 0.29) is 0 Å². The molecule has 0 radical (unpaired) electrons. The van der Waals surface area contributed by atoms with Crippen LogP contribution < -0.4 is 0 Å². The van der Waals surface area contributed by atoms with Crippen molar-refractivity contribution in [2.24, 2.45) is 5.92 Å². The molecule has 0 N–H and O–H groups in total. The summed E-state index contributed by atoms with van der Waals surface area (Å²) in [5, 5.41) is 1.09. The van der Waals surface area contributed by atoms with E-state index in [0.29, 0.717) is 5.92 Å². The van der Waals surface area contributed by atoms with E-state index in [2.05, 4.69) is 25.5 Å². The van der Waals surface area contributed by atoms with E-state index in [0.717, 1.165) is 32.5 Å². The molecule has 5 rings (SSSR count). The standard InChI is InChI=1S/C16H16ClN3S3/c17-14-4-3-12(22-14)2-1-9-21-16-15(18-23-19-16)13-10-20-7-5-11(13)6-8-20/h3-4,11,13H,5-10H2. The summed E-state index contributed by atoms with van der Waals surface area (Å²) < 4.78 is 9.92. The van der Waals surface area contributed by atoms with Crippen molar-refractivity contribution in [3.63, 3.8) is 0 Å². The first-order valence-corrected chi connectivity index (χ1v) is 10.6. The zero-order valence-corrected chi connectivity index (χ0v) is 15.7. The highest BCUT2D eigenvalue weighted by molar-refractivity contribution is 7.99. The van der Waals surface area contributed by atoms with Crippen LogP contribution in [0.3, 0.4) is 0 Å². The van der Waals surface area contributed by atoms with Gasteiger partial charge in [-0.15, -0.1) is 11.3 Å². The van der Waals surface area contributed by atoms with Gasteiger partial charge in [-0.1, -0.05) is 35.2 Å². The van der Waals surface area contributed by atoms with Crippen molar-refractivity contribution < 1.29 is 0 Å². The maximum absolute atomic E-state index is 5.92. The second-order valence-electron chi connectivity index (χ2n) is 5.89. The number of piperidine rings is 3. The van der Waals surface area contributed by atoms with Gasteiger partial charge in [-0.3, -0.25) is 0 Å². The summed E-state index contributed by atoms with van der Waals surface area (Å²) in [7, 11) is 0. The van der Waals surface area contributed by atoms with Crippen LogP contribution in [0.2, 0.25) is 4.34 Å². The number of thioether (sulfide) groups is 1. The Morgan fingerprint density at radius 1 is 1.30 bits per heavy atom. The summed E-state index contributed by atoms with van der Waals surface area (Å²) in [6.45, 7) is 3.68. The third kappa shape index (κ3) is 3.59. The van der Waals surface area contributed by atoms with Gasteiger partial charge in [0.1, 0.15) is 5.03 Å². The van der Waals surface area contributed by atoms with Crippen molar-refractivity contribution in [3.05, 3.63) is 27.0 Å². The largest absolute Gasteiger partial charge is 0.303 e. The van der Waals surface area contributed by atoms with Gasteiger partial charge in [-0.05, 0) is 44.0 Å². The van der Waals surface area contributed by atoms with Crippen LogP contribution in [0.4, 0.5) is 0 Å². The van der Waals surface area contributed by atoms with Gasteiger partial charge in [0, 0.05) is 12.5 Å². The average Bonchev–Trinajstić information content (AvgIpc) is 3.21. The molecular weight excluding hydrogens is 366 g/mol. The second kappa shape index (κ2) is 7.12. The van der Waals surface area contributed by atoms with Gasteiger partial charge in [0.2, 0.25) is 0 Å². The number of rotatable bonds is 3. The van der Waals surface area contributed by atoms with Crippen LogP contribution in [-0.4, -0.2) is 39.0 Å². The Morgan fingerprint density at radius 3 is 2.87 bits per heavy atom. The fourth-order valence-corrected chi connectivity index (χ4v) is 5.83. The second-order valence-corrected chi connectivity index (χ2v) is 9.10. The molecule has 3 saturated heterocycles. The molecule has 3 aliphatic rings. The lowest BCUT2D eigenvalue weighted by molar-refractivity contribution is 0.0846. The molecular formula is C16H16ClN3S3. The Labute approximate surface area is 153 Å². The Balaban J connectivity index is 1.41. The molecule has 2 bridgehead atoms. The van der Waals surface area contributed by atoms with Crippen molar-refractivity contribution in [2.75, 3.05) is 25.4 Å². The molecule has 0 amide bonds. The average molecular weight is 382 g/mol. The van der Waals surface area contributed by atoms with Crippen molar-refractivity contribution in [3.8, 4) is 11.8 Å². The molecule has 23 heavy (non-hydrogen) atoms. The molecule has 1 atom stereocenters. The first kappa shape index (κ1) is 15.9. The number of hydrogen-bond acceptors (Lipinski definition) is 6. The molecule has 0 saturated carbocycles. The maximum Gasteiger partial charge on any atom is 0.134 e. The number of thiophene rings is 1. The Kier molecular flexibility index (Phi) is 4.93. The fourth-order valence-electron chi connectivity index (χ4n) is 3.40. The van der Waals surface area contributed by atoms with E-state index >= 15 is 0 Å². The SMILES string of the molecule is Clc1ccc(C#CCSc2nsnc2C2CN3CCC2CC3)s1. The molecule has 3 aliphatic heterocycles. The fraction of sp³-hybridized carbons (Fsp3) is 0.500. The monoisotopic (exact) mass is 381 g/mol. The Bertz CT molecular complexity index is 737. The van der Waals surface area contributed by atoms with Gasteiger partial charge in [0.05, 0.1) is 32.4 Å². The van der Waals surface area contributed by atoms with E-state index in [1.54, 1.807) is 11.8 Å². The molecule has 3 fully saturated rings. The van der Waals surface area contributed by atoms with E-state index < -0.39 is 0 Å². The highest BCUT2D eigenvalue weighted by atomic mass is 35.5. The molecule has 2 aromatic rings. The minimum absolute atomic E-state index is 0.572. The van der Waals surface area contributed by atoms with Gasteiger partial charge in [-0.25, -0.2) is 0 Å². The summed E-state index contributed by atoms with van der Waals surface area (Å²) in [4.78, 5) is 3.59. The lowest BCUT2D eigenvalue weighted by Gasteiger charge is -2.44. The normalized spacial score (nSPS) is 26.0. The molecule has 1 unspecified atom stereocenters. The van der Waals surface area contributed by atoms with E-state index in [4.69, 9.17) is 11.6 Å². The van der Waals surface area contributed by atoms with Gasteiger partial charge >= 0.3 is 0 Å². The summed E-state index contributed by atoms with van der Waals surface area (Å²) in [6.07, 6.45) is 2.62. The zero-order valence-electron chi connectivity index (χ0n) is 12.5. The molecule has 0 aromatic carbocycles. The summed E-state index contributed by atoms with van der Waals surface area (Å²) in [6, 6.07) is 3.85. The lowest BCUT2D eigenvalue weighted by Crippen LogP contribution is -2.46. The quantitative estimate of drug-likeness (QED) is 0.588. The molecule has 5 heterocycles. The minimum atomic E-state index is 0.572. The van der Waals surface area contributed by atoms with Crippen molar-refractivity contribution in [1.29, 1.82) is 0 Å². The van der Waals surface area contributed by atoms with Gasteiger partial charge in [0.15, 0.2) is 0 Å². The van der Waals surface area contributed by atoms with Crippen molar-refractivity contribution >= 4 is 46.4 Å². The highest BCUT2D eigenvalue weighted by Gasteiger charge is 2.37. The molecule has 0 spiro atoms. The highest BCUT2D eigenvalue weighted by Crippen LogP contribution is 2.41. The molecule has 2 aromatic heterocycles. The number of halogens is 1. The molecule has 120 valence electrons. The molecule has 7 heteroatoms. The Morgan fingerprint density at radius 2 is 2.17 bits per heavy atom. The Hall–Kier alpha value is -0.580. The topological polar surface area (TPSA) is 29.0 Å². The number of hydrogen-bond donors (Lipinski definition) is 0. The third-order valence-corrected chi connectivity index (χ3v) is 7.22. The lowest BCUT2D eigenvalue weighted by atomic mass is 9.78. The van der Waals surface area contributed by atoms with Crippen LogP contribution in [-0.2, 0) is 0 Å². The van der Waals surface area contributed by atoms with Crippen molar-refractivity contribution in [1.82, 2.24) is 13.6 Å². The van der Waals surface area contributed by atoms with Gasteiger partial charge in [-0.2, -0.15) is 8.75 Å². The van der Waals surface area contributed by atoms with E-state index in [9.17, 15) is 0 Å². The maximum atomic E-state index is 5.92. The predicted octanol–water partition coefficient (Wildman–Crippen LogP) is 4.21. The molecule has 3 nitrogen and oxygen atoms in total. The number of fused-ring (bicyclic) bond motifs is 3. The van der Waals surface area contributed by atoms with Crippen LogP contribution in [0, 0.1) is 17.8 Å². The van der Waals surface area contributed by atoms with Crippen LogP contribution in [0.1, 0.15) is 29.3 Å². The van der Waals surface area contributed by atoms with E-state index in [1.165, 1.54) is 54.7 Å². The summed E-state index contributed by atoms with van der Waals surface area (Å²) in [5.41, 5.74) is 1.22. The molecule has 0 aliphatic carbocycles. The van der Waals surface area contributed by atoms with Crippen molar-refractivity contribution in [2.45, 2.75) is 23.8 Å². The first-order valence-electron chi connectivity index (χ1n) is 7.71. The third-order valence-electron chi connectivity index (χ3n) is 4.56. The smallest absolute Gasteiger partial charge is 0.134 e. The first-order chi connectivity index (χ1) is 11.3. The summed E-state index contributed by atoms with van der Waals surface area (Å²) >= 11 is 10.5. The summed E-state index contributed by atoms with van der Waals surface area (Å²) in [5.74, 6) is 8.48. The zero-order chi connectivity index (χ0) is 15.6. The van der Waals surface area contributed by atoms with Gasteiger partial charge in [0.25, 0.3) is 0 Å². The predicted molar refractivity (Wildman–Crippen MR) is 98.7 cm³/mol. The van der Waals surface area contributed by atoms with Crippen LogP contribution in [0.15, 0.2) is 17.2 Å². The number of nitrogens with zero attached hydrogens (tertiary/aromatic N) is 3. The van der Waals surface area contributed by atoms with Gasteiger partial charge < -0.3 is 4.90 Å². The van der Waals surface area contributed by atoms with Crippen LogP contribution in [0.25, 0.3) is 0 Å².